The summed E-state index contributed by atoms with van der Waals surface area (Å²) in [7, 11) is 0. The molecule has 0 atom stereocenters. The van der Waals surface area contributed by atoms with Crippen LogP contribution in [0, 0.1) is 0 Å². The van der Waals surface area contributed by atoms with E-state index in [-0.39, 0.29) is 0 Å². The van der Waals surface area contributed by atoms with Gasteiger partial charge in [-0.1, -0.05) is 170 Å². The molecular formula is C54H38N2. The number of benzene rings is 9. The summed E-state index contributed by atoms with van der Waals surface area (Å²) in [5, 5.41) is 2.53. The third-order valence-electron chi connectivity index (χ3n) is 10.8. The Bertz CT molecular complexity index is 2890. The van der Waals surface area contributed by atoms with Crippen LogP contribution in [0.25, 0.3) is 72.0 Å². The van der Waals surface area contributed by atoms with Crippen LogP contribution >= 0.6 is 0 Å². The predicted octanol–water partition coefficient (Wildman–Crippen LogP) is 14.9. The van der Waals surface area contributed by atoms with Crippen molar-refractivity contribution in [2.24, 2.45) is 0 Å². The normalized spacial score (nSPS) is 11.2. The molecule has 0 N–H and O–H groups in total. The molecule has 0 aliphatic carbocycles. The minimum Gasteiger partial charge on any atom is -0.310 e. The van der Waals surface area contributed by atoms with Crippen molar-refractivity contribution in [3.8, 4) is 50.2 Å². The van der Waals surface area contributed by atoms with Crippen LogP contribution in [-0.4, -0.2) is 4.57 Å². The van der Waals surface area contributed by atoms with Gasteiger partial charge in [0.25, 0.3) is 0 Å². The van der Waals surface area contributed by atoms with Gasteiger partial charge in [-0.05, 0) is 99.6 Å². The van der Waals surface area contributed by atoms with E-state index in [9.17, 15) is 0 Å². The Hall–Kier alpha value is -7.42. The average Bonchev–Trinajstić information content (AvgIpc) is 3.62. The first kappa shape index (κ1) is 33.2. The number of hydrogen-bond acceptors (Lipinski definition) is 1. The van der Waals surface area contributed by atoms with Crippen LogP contribution < -0.4 is 4.90 Å². The van der Waals surface area contributed by atoms with E-state index < -0.39 is 0 Å². The van der Waals surface area contributed by atoms with Gasteiger partial charge in [0, 0.05) is 33.4 Å². The first-order chi connectivity index (χ1) is 27.8. The van der Waals surface area contributed by atoms with Gasteiger partial charge in [0.15, 0.2) is 0 Å². The van der Waals surface area contributed by atoms with Gasteiger partial charge in [-0.2, -0.15) is 0 Å². The Balaban J connectivity index is 0.971. The second-order valence-corrected chi connectivity index (χ2v) is 14.2. The van der Waals surface area contributed by atoms with E-state index in [1.54, 1.807) is 0 Å². The molecule has 10 rings (SSSR count). The van der Waals surface area contributed by atoms with E-state index in [2.05, 4.69) is 240 Å². The Morgan fingerprint density at radius 3 is 1.38 bits per heavy atom. The quantitative estimate of drug-likeness (QED) is 0.152. The van der Waals surface area contributed by atoms with Crippen LogP contribution in [0.15, 0.2) is 231 Å². The number of anilines is 3. The molecule has 2 heteroatoms. The smallest absolute Gasteiger partial charge is 0.0541 e. The molecule has 0 spiro atoms. The van der Waals surface area contributed by atoms with Gasteiger partial charge in [-0.3, -0.25) is 0 Å². The summed E-state index contributed by atoms with van der Waals surface area (Å²) in [6, 6.07) is 82.9. The van der Waals surface area contributed by atoms with Crippen LogP contribution in [0.3, 0.4) is 0 Å². The molecule has 0 fully saturated rings. The second kappa shape index (κ2) is 14.4. The molecule has 0 saturated heterocycles. The number of rotatable bonds is 8. The lowest BCUT2D eigenvalue weighted by Crippen LogP contribution is -2.09. The molecule has 2 nitrogen and oxygen atoms in total. The standard InChI is InChI=1S/C54H38N2/c1-3-15-39(16-4-1)43-17-13-18-44(37-43)45-19-14-22-48(38-45)55(46-20-5-2-6-21-46)47-35-33-41(34-36-47)40-29-31-42(32-30-40)49-23-7-10-26-52(49)56-53-27-11-8-24-50(53)51-25-9-12-28-54(51)56/h1-38H. The first-order valence-electron chi connectivity index (χ1n) is 19.2. The Kier molecular flexibility index (Phi) is 8.55. The monoisotopic (exact) mass is 714 g/mol. The summed E-state index contributed by atoms with van der Waals surface area (Å²) in [6.45, 7) is 0. The number of nitrogens with zero attached hydrogens (tertiary/aromatic N) is 2. The predicted molar refractivity (Wildman–Crippen MR) is 237 cm³/mol. The van der Waals surface area contributed by atoms with Gasteiger partial charge in [0.05, 0.1) is 16.7 Å². The number of para-hydroxylation sites is 4. The topological polar surface area (TPSA) is 8.17 Å². The number of fused-ring (bicyclic) bond motifs is 3. The molecule has 10 aromatic rings. The average molecular weight is 715 g/mol. The van der Waals surface area contributed by atoms with Crippen LogP contribution in [0.2, 0.25) is 0 Å². The third kappa shape index (κ3) is 6.14. The van der Waals surface area contributed by atoms with E-state index in [0.29, 0.717) is 0 Å². The molecule has 0 saturated carbocycles. The number of hydrogen-bond donors (Lipinski definition) is 0. The van der Waals surface area contributed by atoms with Crippen molar-refractivity contribution >= 4 is 38.9 Å². The highest BCUT2D eigenvalue weighted by molar-refractivity contribution is 6.09. The van der Waals surface area contributed by atoms with Crippen molar-refractivity contribution < 1.29 is 0 Å². The highest BCUT2D eigenvalue weighted by Crippen LogP contribution is 2.39. The summed E-state index contributed by atoms with van der Waals surface area (Å²) in [5.41, 5.74) is 16.5. The molecule has 0 unspecified atom stereocenters. The van der Waals surface area contributed by atoms with E-state index in [0.717, 1.165) is 17.1 Å². The van der Waals surface area contributed by atoms with Crippen LogP contribution in [-0.2, 0) is 0 Å². The first-order valence-corrected chi connectivity index (χ1v) is 19.2. The fraction of sp³-hybridized carbons (Fsp3) is 0. The lowest BCUT2D eigenvalue weighted by Gasteiger charge is -2.26. The Morgan fingerprint density at radius 2 is 0.696 bits per heavy atom. The second-order valence-electron chi connectivity index (χ2n) is 14.2. The maximum absolute atomic E-state index is 2.41. The number of aromatic nitrogens is 1. The molecule has 9 aromatic carbocycles. The molecule has 0 radical (unpaired) electrons. The highest BCUT2D eigenvalue weighted by atomic mass is 15.1. The van der Waals surface area contributed by atoms with Crippen LogP contribution in [0.1, 0.15) is 0 Å². The van der Waals surface area contributed by atoms with Crippen molar-refractivity contribution in [2.75, 3.05) is 4.90 Å². The van der Waals surface area contributed by atoms with E-state index in [1.165, 1.54) is 72.0 Å². The molecule has 1 heterocycles. The maximum atomic E-state index is 2.41. The van der Waals surface area contributed by atoms with Crippen LogP contribution in [0.5, 0.6) is 0 Å². The summed E-state index contributed by atoms with van der Waals surface area (Å²) >= 11 is 0. The molecule has 0 bridgehead atoms. The van der Waals surface area contributed by atoms with E-state index in [4.69, 9.17) is 0 Å². The fourth-order valence-electron chi connectivity index (χ4n) is 8.10. The lowest BCUT2D eigenvalue weighted by atomic mass is 9.98. The minimum atomic E-state index is 1.10. The van der Waals surface area contributed by atoms with Gasteiger partial charge >= 0.3 is 0 Å². The zero-order valence-electron chi connectivity index (χ0n) is 30.8. The van der Waals surface area contributed by atoms with Gasteiger partial charge in [0.1, 0.15) is 0 Å². The van der Waals surface area contributed by atoms with E-state index in [1.807, 2.05) is 0 Å². The minimum absolute atomic E-state index is 1.10. The lowest BCUT2D eigenvalue weighted by molar-refractivity contribution is 1.18. The summed E-state index contributed by atoms with van der Waals surface area (Å²) < 4.78 is 2.41. The summed E-state index contributed by atoms with van der Waals surface area (Å²) in [5.74, 6) is 0. The molecule has 0 amide bonds. The third-order valence-corrected chi connectivity index (χ3v) is 10.8. The molecule has 264 valence electrons. The Morgan fingerprint density at radius 1 is 0.268 bits per heavy atom. The van der Waals surface area contributed by atoms with Crippen molar-refractivity contribution in [1.29, 1.82) is 0 Å². The summed E-state index contributed by atoms with van der Waals surface area (Å²) in [6.07, 6.45) is 0. The van der Waals surface area contributed by atoms with Crippen molar-refractivity contribution in [3.63, 3.8) is 0 Å². The highest BCUT2D eigenvalue weighted by Gasteiger charge is 2.16. The van der Waals surface area contributed by atoms with Crippen molar-refractivity contribution in [1.82, 2.24) is 4.57 Å². The Labute approximate surface area is 327 Å². The zero-order valence-corrected chi connectivity index (χ0v) is 30.8. The van der Waals surface area contributed by atoms with Gasteiger partial charge in [0.2, 0.25) is 0 Å². The van der Waals surface area contributed by atoms with E-state index >= 15 is 0 Å². The molecule has 0 aliphatic rings. The van der Waals surface area contributed by atoms with Crippen molar-refractivity contribution in [2.45, 2.75) is 0 Å². The van der Waals surface area contributed by atoms with Crippen LogP contribution in [0.4, 0.5) is 17.1 Å². The molecular weight excluding hydrogens is 677 g/mol. The summed E-state index contributed by atoms with van der Waals surface area (Å²) in [4.78, 5) is 2.34. The fourth-order valence-corrected chi connectivity index (χ4v) is 8.10. The molecule has 1 aromatic heterocycles. The van der Waals surface area contributed by atoms with Gasteiger partial charge in [-0.25, -0.2) is 0 Å². The van der Waals surface area contributed by atoms with Crippen molar-refractivity contribution in [3.05, 3.63) is 231 Å². The molecule has 0 aliphatic heterocycles. The SMILES string of the molecule is c1ccc(-c2cccc(-c3cccc(N(c4ccccc4)c4ccc(-c5ccc(-c6ccccc6-n6c7ccccc7c7ccccc76)cc5)cc4)c3)c2)cc1. The maximum Gasteiger partial charge on any atom is 0.0541 e. The van der Waals surface area contributed by atoms with Gasteiger partial charge in [-0.15, -0.1) is 0 Å². The molecule has 56 heavy (non-hydrogen) atoms. The zero-order chi connectivity index (χ0) is 37.3. The largest absolute Gasteiger partial charge is 0.310 e. The van der Waals surface area contributed by atoms with Gasteiger partial charge < -0.3 is 9.47 Å².